The SMILES string of the molecule is CCC1(c2ccccc2)NC(=O)N(Cc2cc(-c3cnn(C)c3)no2)C1=O. The van der Waals surface area contributed by atoms with Crippen LogP contribution in [0.2, 0.25) is 0 Å². The lowest BCUT2D eigenvalue weighted by Crippen LogP contribution is -2.43. The van der Waals surface area contributed by atoms with Crippen LogP contribution in [0, 0.1) is 0 Å². The molecular weight excluding hydrogens is 346 g/mol. The van der Waals surface area contributed by atoms with E-state index in [0.29, 0.717) is 17.9 Å². The predicted octanol–water partition coefficient (Wildman–Crippen LogP) is 2.43. The Hall–Kier alpha value is -3.42. The van der Waals surface area contributed by atoms with Crippen molar-refractivity contribution in [2.45, 2.75) is 25.4 Å². The highest BCUT2D eigenvalue weighted by Crippen LogP contribution is 2.33. The first-order valence-corrected chi connectivity index (χ1v) is 8.68. The number of amides is 3. The normalized spacial score (nSPS) is 19.6. The zero-order valence-electron chi connectivity index (χ0n) is 15.0. The number of urea groups is 1. The van der Waals surface area contributed by atoms with E-state index < -0.39 is 11.6 Å². The zero-order valence-corrected chi connectivity index (χ0v) is 15.0. The number of carbonyl (C=O) groups is 2. The number of benzene rings is 1. The summed E-state index contributed by atoms with van der Waals surface area (Å²) in [5, 5.41) is 11.0. The molecule has 0 bridgehead atoms. The molecule has 0 aliphatic carbocycles. The molecule has 27 heavy (non-hydrogen) atoms. The van der Waals surface area contributed by atoms with E-state index in [0.717, 1.165) is 11.1 Å². The summed E-state index contributed by atoms with van der Waals surface area (Å²) in [6.07, 6.45) is 3.94. The maximum Gasteiger partial charge on any atom is 0.325 e. The third kappa shape index (κ3) is 2.79. The number of hydrogen-bond acceptors (Lipinski definition) is 5. The highest BCUT2D eigenvalue weighted by Gasteiger charge is 2.51. The van der Waals surface area contributed by atoms with E-state index in [2.05, 4.69) is 15.6 Å². The van der Waals surface area contributed by atoms with Gasteiger partial charge in [-0.2, -0.15) is 5.10 Å². The first-order chi connectivity index (χ1) is 13.0. The van der Waals surface area contributed by atoms with Crippen molar-refractivity contribution in [1.82, 2.24) is 25.2 Å². The van der Waals surface area contributed by atoms with Crippen LogP contribution in [0.25, 0.3) is 11.3 Å². The first-order valence-electron chi connectivity index (χ1n) is 8.68. The van der Waals surface area contributed by atoms with Crippen molar-refractivity contribution < 1.29 is 14.1 Å². The molecule has 2 aromatic heterocycles. The summed E-state index contributed by atoms with van der Waals surface area (Å²) < 4.78 is 7.00. The number of nitrogens with zero attached hydrogens (tertiary/aromatic N) is 4. The molecule has 1 N–H and O–H groups in total. The molecule has 4 rings (SSSR count). The van der Waals surface area contributed by atoms with Crippen molar-refractivity contribution in [3.63, 3.8) is 0 Å². The maximum atomic E-state index is 13.1. The van der Waals surface area contributed by atoms with Gasteiger partial charge in [0.1, 0.15) is 11.2 Å². The minimum atomic E-state index is -1.05. The third-order valence-electron chi connectivity index (χ3n) is 4.85. The van der Waals surface area contributed by atoms with E-state index in [9.17, 15) is 9.59 Å². The summed E-state index contributed by atoms with van der Waals surface area (Å²) >= 11 is 0. The number of imide groups is 1. The van der Waals surface area contributed by atoms with Gasteiger partial charge < -0.3 is 9.84 Å². The molecule has 3 heterocycles. The molecule has 1 aliphatic rings. The van der Waals surface area contributed by atoms with Gasteiger partial charge in [0, 0.05) is 24.9 Å². The Morgan fingerprint density at radius 2 is 2.00 bits per heavy atom. The fraction of sp³-hybridized carbons (Fsp3) is 0.263. The Labute approximate surface area is 155 Å². The van der Waals surface area contributed by atoms with E-state index in [-0.39, 0.29) is 12.5 Å². The number of hydrogen-bond donors (Lipinski definition) is 1. The van der Waals surface area contributed by atoms with Crippen LogP contribution in [0.15, 0.2) is 53.3 Å². The molecule has 1 saturated heterocycles. The van der Waals surface area contributed by atoms with Crippen molar-refractivity contribution in [1.29, 1.82) is 0 Å². The van der Waals surface area contributed by atoms with Gasteiger partial charge >= 0.3 is 6.03 Å². The molecular formula is C19H19N5O3. The smallest absolute Gasteiger partial charge is 0.325 e. The van der Waals surface area contributed by atoms with Gasteiger partial charge in [-0.25, -0.2) is 4.79 Å². The van der Waals surface area contributed by atoms with Gasteiger partial charge in [0.2, 0.25) is 0 Å². The largest absolute Gasteiger partial charge is 0.359 e. The minimum absolute atomic E-state index is 0.0203. The quantitative estimate of drug-likeness (QED) is 0.701. The lowest BCUT2D eigenvalue weighted by molar-refractivity contribution is -0.132. The third-order valence-corrected chi connectivity index (χ3v) is 4.85. The Morgan fingerprint density at radius 1 is 1.22 bits per heavy atom. The number of aromatic nitrogens is 3. The molecule has 3 aromatic rings. The highest BCUT2D eigenvalue weighted by molar-refractivity contribution is 6.07. The molecule has 1 aliphatic heterocycles. The van der Waals surface area contributed by atoms with Crippen molar-refractivity contribution >= 4 is 11.9 Å². The summed E-state index contributed by atoms with van der Waals surface area (Å²) in [5.74, 6) is 0.137. The molecule has 1 atom stereocenters. The molecule has 0 radical (unpaired) electrons. The summed E-state index contributed by atoms with van der Waals surface area (Å²) in [6, 6.07) is 10.5. The lowest BCUT2D eigenvalue weighted by Gasteiger charge is -2.25. The summed E-state index contributed by atoms with van der Waals surface area (Å²) in [4.78, 5) is 26.8. The van der Waals surface area contributed by atoms with Crippen LogP contribution < -0.4 is 5.32 Å². The van der Waals surface area contributed by atoms with E-state index in [1.165, 1.54) is 4.90 Å². The van der Waals surface area contributed by atoms with Crippen LogP contribution in [0.3, 0.4) is 0 Å². The van der Waals surface area contributed by atoms with E-state index in [1.54, 1.807) is 16.9 Å². The second kappa shape index (κ2) is 6.39. The predicted molar refractivity (Wildman–Crippen MR) is 96.2 cm³/mol. The highest BCUT2D eigenvalue weighted by atomic mass is 16.5. The van der Waals surface area contributed by atoms with Gasteiger partial charge in [-0.15, -0.1) is 0 Å². The Morgan fingerprint density at radius 3 is 2.67 bits per heavy atom. The Kier molecular flexibility index (Phi) is 4.02. The van der Waals surface area contributed by atoms with Crippen LogP contribution in [-0.4, -0.2) is 31.8 Å². The molecule has 8 nitrogen and oxygen atoms in total. The van der Waals surface area contributed by atoms with Crippen molar-refractivity contribution in [3.8, 4) is 11.3 Å². The zero-order chi connectivity index (χ0) is 19.0. The molecule has 1 aromatic carbocycles. The van der Waals surface area contributed by atoms with Gasteiger partial charge in [-0.1, -0.05) is 42.4 Å². The monoisotopic (exact) mass is 365 g/mol. The van der Waals surface area contributed by atoms with E-state index >= 15 is 0 Å². The Bertz CT molecular complexity index is 994. The first kappa shape index (κ1) is 17.0. The fourth-order valence-corrected chi connectivity index (χ4v) is 3.36. The molecule has 0 spiro atoms. The average Bonchev–Trinajstić information content (AvgIpc) is 3.37. The summed E-state index contributed by atoms with van der Waals surface area (Å²) in [6.45, 7) is 1.90. The minimum Gasteiger partial charge on any atom is -0.359 e. The molecule has 0 saturated carbocycles. The Balaban J connectivity index is 1.59. The topological polar surface area (TPSA) is 93.3 Å². The van der Waals surface area contributed by atoms with Crippen LogP contribution in [-0.2, 0) is 23.9 Å². The fourth-order valence-electron chi connectivity index (χ4n) is 3.36. The molecule has 3 amide bonds. The molecule has 8 heteroatoms. The van der Waals surface area contributed by atoms with Crippen LogP contribution >= 0.6 is 0 Å². The number of nitrogens with one attached hydrogen (secondary N) is 1. The van der Waals surface area contributed by atoms with Crippen molar-refractivity contribution in [3.05, 3.63) is 60.1 Å². The number of aryl methyl sites for hydroxylation is 1. The summed E-state index contributed by atoms with van der Waals surface area (Å²) in [5.41, 5.74) is 1.12. The number of rotatable bonds is 5. The van der Waals surface area contributed by atoms with E-state index in [4.69, 9.17) is 4.52 Å². The van der Waals surface area contributed by atoms with Gasteiger partial charge in [-0.3, -0.25) is 14.4 Å². The molecule has 138 valence electrons. The summed E-state index contributed by atoms with van der Waals surface area (Å²) in [7, 11) is 1.81. The van der Waals surface area contributed by atoms with Crippen LogP contribution in [0.4, 0.5) is 4.79 Å². The van der Waals surface area contributed by atoms with Crippen molar-refractivity contribution in [2.24, 2.45) is 7.05 Å². The number of carbonyl (C=O) groups excluding carboxylic acids is 2. The van der Waals surface area contributed by atoms with E-state index in [1.807, 2.05) is 50.5 Å². The standard InChI is InChI=1S/C19H19N5O3/c1-3-19(14-7-5-4-6-8-14)17(25)24(18(26)21-19)12-15-9-16(22-27-15)13-10-20-23(2)11-13/h4-11H,3,12H2,1-2H3,(H,21,26). The maximum absolute atomic E-state index is 13.1. The van der Waals surface area contributed by atoms with Crippen LogP contribution in [0.1, 0.15) is 24.7 Å². The van der Waals surface area contributed by atoms with Gasteiger partial charge in [0.05, 0.1) is 12.7 Å². The van der Waals surface area contributed by atoms with Crippen LogP contribution in [0.5, 0.6) is 0 Å². The second-order valence-electron chi connectivity index (χ2n) is 6.53. The average molecular weight is 365 g/mol. The van der Waals surface area contributed by atoms with Gasteiger partial charge in [0.25, 0.3) is 5.91 Å². The second-order valence-corrected chi connectivity index (χ2v) is 6.53. The molecule has 1 unspecified atom stereocenters. The lowest BCUT2D eigenvalue weighted by atomic mass is 9.87. The molecule has 1 fully saturated rings. The van der Waals surface area contributed by atoms with Gasteiger partial charge in [0.15, 0.2) is 5.76 Å². The van der Waals surface area contributed by atoms with Gasteiger partial charge in [-0.05, 0) is 12.0 Å². The van der Waals surface area contributed by atoms with Crippen molar-refractivity contribution in [2.75, 3.05) is 0 Å².